The van der Waals surface area contributed by atoms with Crippen LogP contribution in [0.25, 0.3) is 0 Å². The highest BCUT2D eigenvalue weighted by atomic mass is 32.2. The number of carbonyl (C=O) groups is 2. The van der Waals surface area contributed by atoms with Crippen molar-refractivity contribution < 1.29 is 14.3 Å². The van der Waals surface area contributed by atoms with Crippen LogP contribution in [0, 0.1) is 6.92 Å². The van der Waals surface area contributed by atoms with E-state index in [1.54, 1.807) is 25.3 Å². The molecule has 148 valence electrons. The van der Waals surface area contributed by atoms with Crippen molar-refractivity contribution in [2.24, 2.45) is 0 Å². The molecule has 3 rings (SSSR count). The summed E-state index contributed by atoms with van der Waals surface area (Å²) in [5, 5.41) is 5.75. The van der Waals surface area contributed by atoms with Crippen molar-refractivity contribution in [3.63, 3.8) is 0 Å². The molecule has 29 heavy (non-hydrogen) atoms. The molecular weight excluding hydrogens is 384 g/mol. The number of ether oxygens (including phenoxy) is 1. The van der Waals surface area contributed by atoms with Crippen molar-refractivity contribution >= 4 is 35.0 Å². The van der Waals surface area contributed by atoms with E-state index < -0.39 is 0 Å². The number of nitrogens with one attached hydrogen (secondary N) is 2. The summed E-state index contributed by atoms with van der Waals surface area (Å²) in [6, 6.07) is 22.1. The van der Waals surface area contributed by atoms with Gasteiger partial charge in [-0.15, -0.1) is 11.8 Å². The number of amides is 2. The maximum atomic E-state index is 12.4. The molecule has 0 spiro atoms. The number of hydrogen-bond donors (Lipinski definition) is 2. The van der Waals surface area contributed by atoms with Gasteiger partial charge in [-0.1, -0.05) is 35.9 Å². The smallest absolute Gasteiger partial charge is 0.255 e. The van der Waals surface area contributed by atoms with E-state index in [1.165, 1.54) is 11.8 Å². The Hall–Kier alpha value is -3.25. The Balaban J connectivity index is 1.58. The summed E-state index contributed by atoms with van der Waals surface area (Å²) in [5.74, 6) is 0.568. The van der Waals surface area contributed by atoms with Crippen molar-refractivity contribution in [2.75, 3.05) is 23.5 Å². The van der Waals surface area contributed by atoms with Crippen LogP contribution in [0.2, 0.25) is 0 Å². The quantitative estimate of drug-likeness (QED) is 0.543. The lowest BCUT2D eigenvalue weighted by molar-refractivity contribution is -0.113. The minimum Gasteiger partial charge on any atom is -0.495 e. The van der Waals surface area contributed by atoms with Crippen molar-refractivity contribution in [3.05, 3.63) is 83.9 Å². The Morgan fingerprint density at radius 2 is 1.72 bits per heavy atom. The van der Waals surface area contributed by atoms with E-state index in [0.717, 1.165) is 10.5 Å². The number of thioether (sulfide) groups is 1. The second-order valence-electron chi connectivity index (χ2n) is 6.39. The molecular formula is C23H22N2O3S. The highest BCUT2D eigenvalue weighted by Crippen LogP contribution is 2.25. The number of carbonyl (C=O) groups excluding carboxylic acids is 2. The van der Waals surface area contributed by atoms with Crippen molar-refractivity contribution in [2.45, 2.75) is 11.8 Å². The number of para-hydroxylation sites is 2. The molecule has 0 aromatic heterocycles. The van der Waals surface area contributed by atoms with Crippen LogP contribution >= 0.6 is 11.8 Å². The number of methoxy groups -OCH3 is 1. The average Bonchev–Trinajstić information content (AvgIpc) is 2.73. The zero-order chi connectivity index (χ0) is 20.6. The monoisotopic (exact) mass is 406 g/mol. The minimum atomic E-state index is -0.162. The fraction of sp³-hybridized carbons (Fsp3) is 0.130. The zero-order valence-corrected chi connectivity index (χ0v) is 17.1. The van der Waals surface area contributed by atoms with E-state index in [4.69, 9.17) is 4.74 Å². The third-order valence-corrected chi connectivity index (χ3v) is 5.12. The third-order valence-electron chi connectivity index (χ3n) is 4.12. The van der Waals surface area contributed by atoms with Crippen LogP contribution in [-0.2, 0) is 4.79 Å². The Morgan fingerprint density at radius 1 is 0.931 bits per heavy atom. The number of rotatable bonds is 7. The zero-order valence-electron chi connectivity index (χ0n) is 16.3. The first-order valence-electron chi connectivity index (χ1n) is 9.09. The van der Waals surface area contributed by atoms with E-state index in [2.05, 4.69) is 10.6 Å². The van der Waals surface area contributed by atoms with Crippen molar-refractivity contribution in [1.82, 2.24) is 0 Å². The van der Waals surface area contributed by atoms with Gasteiger partial charge in [-0.3, -0.25) is 9.59 Å². The van der Waals surface area contributed by atoms with Gasteiger partial charge in [0.1, 0.15) is 5.75 Å². The highest BCUT2D eigenvalue weighted by molar-refractivity contribution is 8.00. The summed E-state index contributed by atoms with van der Waals surface area (Å²) in [4.78, 5) is 25.6. The molecule has 2 N–H and O–H groups in total. The minimum absolute atomic E-state index is 0.131. The van der Waals surface area contributed by atoms with Crippen LogP contribution in [0.5, 0.6) is 5.75 Å². The lowest BCUT2D eigenvalue weighted by atomic mass is 10.1. The number of aryl methyl sites for hydroxylation is 1. The number of hydrogen-bond acceptors (Lipinski definition) is 4. The van der Waals surface area contributed by atoms with Gasteiger partial charge in [-0.2, -0.15) is 0 Å². The summed E-state index contributed by atoms with van der Waals surface area (Å²) >= 11 is 1.40. The molecule has 0 unspecified atom stereocenters. The number of anilines is 2. The molecule has 5 nitrogen and oxygen atoms in total. The van der Waals surface area contributed by atoms with Crippen molar-refractivity contribution in [3.8, 4) is 5.75 Å². The summed E-state index contributed by atoms with van der Waals surface area (Å²) in [5.41, 5.74) is 2.97. The van der Waals surface area contributed by atoms with E-state index >= 15 is 0 Å². The first-order chi connectivity index (χ1) is 14.0. The van der Waals surface area contributed by atoms with Crippen LogP contribution in [0.15, 0.2) is 77.7 Å². The van der Waals surface area contributed by atoms with E-state index in [1.807, 2.05) is 61.5 Å². The molecule has 0 heterocycles. The van der Waals surface area contributed by atoms with Gasteiger partial charge in [-0.25, -0.2) is 0 Å². The van der Waals surface area contributed by atoms with Gasteiger partial charge in [0, 0.05) is 16.1 Å². The Labute approximate surface area is 174 Å². The van der Waals surface area contributed by atoms with E-state index in [0.29, 0.717) is 22.7 Å². The molecule has 0 radical (unpaired) electrons. The maximum absolute atomic E-state index is 12.4. The highest BCUT2D eigenvalue weighted by Gasteiger charge is 2.09. The summed E-state index contributed by atoms with van der Waals surface area (Å²) in [6.07, 6.45) is 0. The molecule has 0 bridgehead atoms. The molecule has 3 aromatic rings. The third kappa shape index (κ3) is 5.86. The second kappa shape index (κ2) is 9.80. The lowest BCUT2D eigenvalue weighted by Crippen LogP contribution is -2.14. The Kier molecular flexibility index (Phi) is 6.92. The number of benzene rings is 3. The van der Waals surface area contributed by atoms with Gasteiger partial charge in [-0.05, 0) is 49.4 Å². The van der Waals surface area contributed by atoms with Crippen LogP contribution in [0.3, 0.4) is 0 Å². The summed E-state index contributed by atoms with van der Waals surface area (Å²) in [7, 11) is 1.57. The van der Waals surface area contributed by atoms with Gasteiger partial charge in [0.25, 0.3) is 5.91 Å². The standard InChI is InChI=1S/C23H22N2O3S/c1-16-7-5-8-17(13-16)23(27)24-18-9-6-10-19(14-18)29-15-22(26)25-20-11-3-4-12-21(20)28-2/h3-14H,15H2,1-2H3,(H,24,27)(H,25,26). The predicted octanol–water partition coefficient (Wildman–Crippen LogP) is 4.99. The van der Waals surface area contributed by atoms with E-state index in [-0.39, 0.29) is 17.6 Å². The van der Waals surface area contributed by atoms with Crippen LogP contribution in [0.4, 0.5) is 11.4 Å². The largest absolute Gasteiger partial charge is 0.495 e. The average molecular weight is 407 g/mol. The molecule has 0 saturated heterocycles. The molecule has 0 aliphatic rings. The summed E-state index contributed by atoms with van der Waals surface area (Å²) in [6.45, 7) is 1.95. The SMILES string of the molecule is COc1ccccc1NC(=O)CSc1cccc(NC(=O)c2cccc(C)c2)c1. The Bertz CT molecular complexity index is 1020. The first kappa shape index (κ1) is 20.5. The van der Waals surface area contributed by atoms with Crippen LogP contribution in [-0.4, -0.2) is 24.7 Å². The van der Waals surface area contributed by atoms with Gasteiger partial charge in [0.15, 0.2) is 0 Å². The second-order valence-corrected chi connectivity index (χ2v) is 7.44. The van der Waals surface area contributed by atoms with Crippen molar-refractivity contribution in [1.29, 1.82) is 0 Å². The van der Waals surface area contributed by atoms with Gasteiger partial charge in [0.2, 0.25) is 5.91 Å². The summed E-state index contributed by atoms with van der Waals surface area (Å²) < 4.78 is 5.24. The Morgan fingerprint density at radius 3 is 2.52 bits per heavy atom. The molecule has 0 atom stereocenters. The lowest BCUT2D eigenvalue weighted by Gasteiger charge is -2.10. The predicted molar refractivity (Wildman–Crippen MR) is 118 cm³/mol. The van der Waals surface area contributed by atoms with Gasteiger partial charge < -0.3 is 15.4 Å². The topological polar surface area (TPSA) is 67.4 Å². The fourth-order valence-electron chi connectivity index (χ4n) is 2.74. The molecule has 3 aromatic carbocycles. The van der Waals surface area contributed by atoms with Crippen LogP contribution < -0.4 is 15.4 Å². The molecule has 0 aliphatic heterocycles. The molecule has 0 fully saturated rings. The molecule has 2 amide bonds. The maximum Gasteiger partial charge on any atom is 0.255 e. The molecule has 0 saturated carbocycles. The van der Waals surface area contributed by atoms with Crippen LogP contribution in [0.1, 0.15) is 15.9 Å². The molecule has 6 heteroatoms. The molecule has 0 aliphatic carbocycles. The van der Waals surface area contributed by atoms with Gasteiger partial charge in [0.05, 0.1) is 18.6 Å². The normalized spacial score (nSPS) is 10.3. The first-order valence-corrected chi connectivity index (χ1v) is 10.1. The van der Waals surface area contributed by atoms with Gasteiger partial charge >= 0.3 is 0 Å². The fourth-order valence-corrected chi connectivity index (χ4v) is 3.49. The van der Waals surface area contributed by atoms with E-state index in [9.17, 15) is 9.59 Å².